The van der Waals surface area contributed by atoms with Crippen molar-refractivity contribution in [2.75, 3.05) is 5.32 Å². The van der Waals surface area contributed by atoms with E-state index in [1.807, 2.05) is 31.2 Å². The molecule has 0 spiro atoms. The summed E-state index contributed by atoms with van der Waals surface area (Å²) in [5, 5.41) is 3.08. The molecule has 4 nitrogen and oxygen atoms in total. The van der Waals surface area contributed by atoms with Crippen molar-refractivity contribution in [3.05, 3.63) is 51.0 Å². The topological polar surface area (TPSA) is 60.7 Å². The molecule has 2 rings (SSSR count). The Morgan fingerprint density at radius 2 is 2.06 bits per heavy atom. The van der Waals surface area contributed by atoms with Crippen molar-refractivity contribution < 1.29 is 0 Å². The van der Waals surface area contributed by atoms with Crippen LogP contribution >= 0.6 is 12.2 Å². The molecule has 0 atom stereocenters. The molecule has 0 bridgehead atoms. The largest absolute Gasteiger partial charge is 0.342 e. The molecule has 16 heavy (non-hydrogen) atoms. The molecule has 0 radical (unpaired) electrons. The predicted molar refractivity (Wildman–Crippen MR) is 66.7 cm³/mol. The molecule has 0 aliphatic rings. The molecule has 2 aromatic rings. The van der Waals surface area contributed by atoms with Crippen molar-refractivity contribution in [2.24, 2.45) is 0 Å². The summed E-state index contributed by atoms with van der Waals surface area (Å²) < 4.78 is 0.308. The number of hydrogen-bond acceptors (Lipinski definition) is 3. The van der Waals surface area contributed by atoms with Gasteiger partial charge in [0.2, 0.25) is 0 Å². The first-order valence-electron chi connectivity index (χ1n) is 4.81. The Labute approximate surface area is 97.4 Å². The molecule has 0 aliphatic carbocycles. The first-order valence-corrected chi connectivity index (χ1v) is 5.22. The number of aromatic amines is 2. The average Bonchev–Trinajstić information content (AvgIpc) is 2.15. The lowest BCUT2D eigenvalue weighted by Crippen LogP contribution is -2.07. The van der Waals surface area contributed by atoms with Crippen LogP contribution in [-0.4, -0.2) is 9.97 Å². The molecule has 1 heterocycles. The standard InChI is InChI=1S/C11H11N3OS/c1-7-3-2-4-8(5-7)12-9-6-10(15)14-11(16)13-9/h2-6H,1H3,(H3,12,13,14,15,16). The third kappa shape index (κ3) is 2.58. The van der Waals surface area contributed by atoms with Crippen LogP contribution in [0.4, 0.5) is 11.5 Å². The van der Waals surface area contributed by atoms with Crippen molar-refractivity contribution >= 4 is 23.7 Å². The maximum Gasteiger partial charge on any atom is 0.253 e. The number of H-pyrrole nitrogens is 2. The zero-order chi connectivity index (χ0) is 11.5. The summed E-state index contributed by atoms with van der Waals surface area (Å²) in [6.45, 7) is 2.01. The Morgan fingerprint density at radius 3 is 2.75 bits per heavy atom. The van der Waals surface area contributed by atoms with Gasteiger partial charge in [0.15, 0.2) is 4.77 Å². The molecule has 1 aromatic carbocycles. The van der Waals surface area contributed by atoms with Gasteiger partial charge < -0.3 is 10.3 Å². The van der Waals surface area contributed by atoms with Crippen molar-refractivity contribution in [3.63, 3.8) is 0 Å². The summed E-state index contributed by atoms with van der Waals surface area (Å²) in [7, 11) is 0. The van der Waals surface area contributed by atoms with Crippen LogP contribution in [0.2, 0.25) is 0 Å². The second-order valence-electron chi connectivity index (χ2n) is 3.50. The second-order valence-corrected chi connectivity index (χ2v) is 3.90. The van der Waals surface area contributed by atoms with E-state index in [-0.39, 0.29) is 5.56 Å². The lowest BCUT2D eigenvalue weighted by molar-refractivity contribution is 1.09. The lowest BCUT2D eigenvalue weighted by Gasteiger charge is -2.06. The van der Waals surface area contributed by atoms with Gasteiger partial charge in [0.05, 0.1) is 0 Å². The Morgan fingerprint density at radius 1 is 1.25 bits per heavy atom. The fraction of sp³-hybridized carbons (Fsp3) is 0.0909. The van der Waals surface area contributed by atoms with Gasteiger partial charge in [-0.05, 0) is 36.8 Å². The SMILES string of the molecule is Cc1cccc(Nc2cc(=O)[nH]c(=S)[nH]2)c1. The van der Waals surface area contributed by atoms with Crippen LogP contribution in [0.3, 0.4) is 0 Å². The highest BCUT2D eigenvalue weighted by Gasteiger charge is 1.96. The molecule has 0 amide bonds. The van der Waals surface area contributed by atoms with Gasteiger partial charge >= 0.3 is 0 Å². The molecule has 0 saturated heterocycles. The number of rotatable bonds is 2. The third-order valence-corrected chi connectivity index (χ3v) is 2.26. The maximum absolute atomic E-state index is 11.2. The monoisotopic (exact) mass is 233 g/mol. The quantitative estimate of drug-likeness (QED) is 0.698. The molecule has 1 aromatic heterocycles. The minimum absolute atomic E-state index is 0.223. The molecule has 5 heteroatoms. The highest BCUT2D eigenvalue weighted by molar-refractivity contribution is 7.71. The van der Waals surface area contributed by atoms with Crippen LogP contribution in [0, 0.1) is 11.7 Å². The van der Waals surface area contributed by atoms with Crippen molar-refractivity contribution in [2.45, 2.75) is 6.92 Å². The molecule has 3 N–H and O–H groups in total. The fourth-order valence-corrected chi connectivity index (χ4v) is 1.62. The van der Waals surface area contributed by atoms with E-state index < -0.39 is 0 Å². The van der Waals surface area contributed by atoms with Crippen LogP contribution in [0.15, 0.2) is 35.1 Å². The van der Waals surface area contributed by atoms with E-state index in [0.29, 0.717) is 10.6 Å². The minimum atomic E-state index is -0.223. The Hall–Kier alpha value is -1.88. The Bertz CT molecular complexity index is 587. The molecular formula is C11H11N3OS. The summed E-state index contributed by atoms with van der Waals surface area (Å²) >= 11 is 4.88. The number of aromatic nitrogens is 2. The summed E-state index contributed by atoms with van der Waals surface area (Å²) in [4.78, 5) is 16.5. The van der Waals surface area contributed by atoms with Crippen LogP contribution in [0.1, 0.15) is 5.56 Å². The van der Waals surface area contributed by atoms with Gasteiger partial charge in [-0.2, -0.15) is 0 Å². The number of aryl methyl sites for hydroxylation is 1. The zero-order valence-electron chi connectivity index (χ0n) is 8.70. The molecule has 0 fully saturated rings. The van der Waals surface area contributed by atoms with Gasteiger partial charge in [-0.15, -0.1) is 0 Å². The predicted octanol–water partition coefficient (Wildman–Crippen LogP) is 2.48. The highest BCUT2D eigenvalue weighted by atomic mass is 32.1. The summed E-state index contributed by atoms with van der Waals surface area (Å²) in [5.74, 6) is 0.583. The summed E-state index contributed by atoms with van der Waals surface area (Å²) in [5.41, 5.74) is 1.84. The molecular weight excluding hydrogens is 222 g/mol. The van der Waals surface area contributed by atoms with E-state index in [2.05, 4.69) is 15.3 Å². The Balaban J connectivity index is 2.34. The van der Waals surface area contributed by atoms with E-state index in [9.17, 15) is 4.79 Å². The van der Waals surface area contributed by atoms with E-state index in [4.69, 9.17) is 12.2 Å². The zero-order valence-corrected chi connectivity index (χ0v) is 9.52. The van der Waals surface area contributed by atoms with Gasteiger partial charge in [-0.3, -0.25) is 9.78 Å². The summed E-state index contributed by atoms with van der Waals surface area (Å²) in [6, 6.07) is 9.28. The van der Waals surface area contributed by atoms with Crippen molar-refractivity contribution in [1.29, 1.82) is 0 Å². The van der Waals surface area contributed by atoms with Crippen LogP contribution in [0.5, 0.6) is 0 Å². The second kappa shape index (κ2) is 4.32. The maximum atomic E-state index is 11.2. The highest BCUT2D eigenvalue weighted by Crippen LogP contribution is 2.13. The first kappa shape index (κ1) is 10.6. The van der Waals surface area contributed by atoms with Gasteiger partial charge in [-0.25, -0.2) is 0 Å². The van der Waals surface area contributed by atoms with Crippen molar-refractivity contribution in [1.82, 2.24) is 9.97 Å². The normalized spacial score (nSPS) is 10.1. The first-order chi connectivity index (χ1) is 7.63. The van der Waals surface area contributed by atoms with E-state index in [0.717, 1.165) is 11.3 Å². The number of anilines is 2. The van der Waals surface area contributed by atoms with Crippen LogP contribution in [0.25, 0.3) is 0 Å². The lowest BCUT2D eigenvalue weighted by atomic mass is 10.2. The summed E-state index contributed by atoms with van der Waals surface area (Å²) in [6.07, 6.45) is 0. The van der Waals surface area contributed by atoms with Gasteiger partial charge in [0, 0.05) is 11.8 Å². The van der Waals surface area contributed by atoms with Crippen LogP contribution in [-0.2, 0) is 0 Å². The van der Waals surface area contributed by atoms with Gasteiger partial charge in [-0.1, -0.05) is 12.1 Å². The number of hydrogen-bond donors (Lipinski definition) is 3. The third-order valence-electron chi connectivity index (χ3n) is 2.06. The minimum Gasteiger partial charge on any atom is -0.342 e. The van der Waals surface area contributed by atoms with Crippen LogP contribution < -0.4 is 10.9 Å². The number of benzene rings is 1. The van der Waals surface area contributed by atoms with E-state index in [1.54, 1.807) is 0 Å². The molecule has 0 unspecified atom stereocenters. The van der Waals surface area contributed by atoms with Gasteiger partial charge in [0.1, 0.15) is 5.82 Å². The molecule has 82 valence electrons. The number of nitrogens with one attached hydrogen (secondary N) is 3. The fourth-order valence-electron chi connectivity index (χ4n) is 1.41. The van der Waals surface area contributed by atoms with Crippen molar-refractivity contribution in [3.8, 4) is 0 Å². The smallest absolute Gasteiger partial charge is 0.253 e. The molecule has 0 saturated carbocycles. The van der Waals surface area contributed by atoms with E-state index >= 15 is 0 Å². The Kier molecular flexibility index (Phi) is 2.87. The van der Waals surface area contributed by atoms with E-state index in [1.165, 1.54) is 6.07 Å². The van der Waals surface area contributed by atoms with Gasteiger partial charge in [0.25, 0.3) is 5.56 Å². The average molecular weight is 233 g/mol. The molecule has 0 aliphatic heterocycles.